The second kappa shape index (κ2) is 9.47. The van der Waals surface area contributed by atoms with Crippen LogP contribution in [0.2, 0.25) is 0 Å². The number of sulfone groups is 1. The van der Waals surface area contributed by atoms with Gasteiger partial charge in [-0.05, 0) is 49.6 Å². The average molecular weight is 539 g/mol. The second-order valence-electron chi connectivity index (χ2n) is 8.42. The Hall–Kier alpha value is -2.58. The molecule has 4 rings (SSSR count). The summed E-state index contributed by atoms with van der Waals surface area (Å²) in [6.45, 7) is 1.86. The van der Waals surface area contributed by atoms with Crippen molar-refractivity contribution in [2.75, 3.05) is 13.1 Å². The third-order valence-corrected chi connectivity index (χ3v) is 11.1. The number of benzene rings is 2. The molecular formula is C22H26N4O6S3. The summed E-state index contributed by atoms with van der Waals surface area (Å²) in [6.07, 6.45) is 3.37. The number of hydrogen-bond acceptors (Lipinski definition) is 7. The Kier molecular flexibility index (Phi) is 6.90. The van der Waals surface area contributed by atoms with Crippen molar-refractivity contribution in [3.05, 3.63) is 66.6 Å². The van der Waals surface area contributed by atoms with Crippen LogP contribution in [0, 0.1) is 6.92 Å². The summed E-state index contributed by atoms with van der Waals surface area (Å²) in [5.74, 6) is 0. The number of nitrogens with one attached hydrogen (secondary N) is 1. The van der Waals surface area contributed by atoms with E-state index in [2.05, 4.69) is 9.71 Å². The van der Waals surface area contributed by atoms with Gasteiger partial charge in [0.2, 0.25) is 19.9 Å². The zero-order chi connectivity index (χ0) is 25.4. The summed E-state index contributed by atoms with van der Waals surface area (Å²) in [5, 5.41) is -0.0499. The van der Waals surface area contributed by atoms with E-state index in [0.29, 0.717) is 5.56 Å². The summed E-state index contributed by atoms with van der Waals surface area (Å²) in [7, 11) is -10.0. The number of imidazole rings is 1. The third-order valence-electron chi connectivity index (χ3n) is 5.87. The minimum Gasteiger partial charge on any atom is -0.339 e. The largest absolute Gasteiger partial charge is 0.339 e. The predicted octanol–water partition coefficient (Wildman–Crippen LogP) is 1.69. The number of nitrogens with zero attached hydrogens (tertiary/aromatic N) is 3. The zero-order valence-corrected chi connectivity index (χ0v) is 21.6. The first-order chi connectivity index (χ1) is 16.4. The first-order valence-electron chi connectivity index (χ1n) is 10.8. The van der Waals surface area contributed by atoms with Gasteiger partial charge < -0.3 is 4.57 Å². The Labute approximate surface area is 205 Å². The maximum Gasteiger partial charge on any atom is 0.262 e. The highest BCUT2D eigenvalue weighted by Gasteiger charge is 2.33. The van der Waals surface area contributed by atoms with E-state index < -0.39 is 35.9 Å². The lowest BCUT2D eigenvalue weighted by Gasteiger charge is -2.31. The minimum absolute atomic E-state index is 0.0499. The molecule has 10 nitrogen and oxygen atoms in total. The van der Waals surface area contributed by atoms with Crippen molar-refractivity contribution >= 4 is 29.9 Å². The predicted molar refractivity (Wildman–Crippen MR) is 128 cm³/mol. The van der Waals surface area contributed by atoms with Gasteiger partial charge >= 0.3 is 0 Å². The van der Waals surface area contributed by atoms with Crippen LogP contribution in [-0.2, 0) is 36.9 Å². The van der Waals surface area contributed by atoms with Crippen LogP contribution in [0.5, 0.6) is 0 Å². The quantitative estimate of drug-likeness (QED) is 0.484. The van der Waals surface area contributed by atoms with Gasteiger partial charge in [0, 0.05) is 32.4 Å². The van der Waals surface area contributed by atoms with Gasteiger partial charge in [-0.15, -0.1) is 0 Å². The molecule has 0 saturated carbocycles. The highest BCUT2D eigenvalue weighted by molar-refractivity contribution is 7.91. The molecule has 1 aromatic heterocycles. The van der Waals surface area contributed by atoms with Crippen LogP contribution < -0.4 is 4.72 Å². The molecule has 1 fully saturated rings. The smallest absolute Gasteiger partial charge is 0.262 e. The monoisotopic (exact) mass is 538 g/mol. The summed E-state index contributed by atoms with van der Waals surface area (Å²) in [4.78, 5) is 3.74. The molecule has 0 unspecified atom stereocenters. The van der Waals surface area contributed by atoms with Crippen molar-refractivity contribution in [1.82, 2.24) is 18.6 Å². The molecule has 2 aromatic carbocycles. The molecule has 3 aromatic rings. The summed E-state index contributed by atoms with van der Waals surface area (Å²) >= 11 is 0. The Bertz CT molecular complexity index is 1540. The van der Waals surface area contributed by atoms with Gasteiger partial charge in [-0.3, -0.25) is 0 Å². The maximum atomic E-state index is 13.2. The molecule has 2 heterocycles. The molecule has 1 aliphatic rings. The molecule has 1 aliphatic heterocycles. The lowest BCUT2D eigenvalue weighted by atomic mass is 10.1. The van der Waals surface area contributed by atoms with Gasteiger partial charge in [-0.2, -0.15) is 4.31 Å². The van der Waals surface area contributed by atoms with Crippen molar-refractivity contribution in [1.29, 1.82) is 0 Å². The molecule has 0 atom stereocenters. The Morgan fingerprint density at radius 2 is 1.57 bits per heavy atom. The molecule has 13 heteroatoms. The van der Waals surface area contributed by atoms with Crippen LogP contribution in [-0.4, -0.2) is 58.2 Å². The number of rotatable bonds is 7. The van der Waals surface area contributed by atoms with Crippen molar-refractivity contribution in [3.8, 4) is 0 Å². The van der Waals surface area contributed by atoms with Crippen molar-refractivity contribution in [3.63, 3.8) is 0 Å². The second-order valence-corrected chi connectivity index (χ2v) is 13.9. The number of aromatic nitrogens is 2. The average Bonchev–Trinajstić information content (AvgIpc) is 3.27. The lowest BCUT2D eigenvalue weighted by Crippen LogP contribution is -2.46. The third kappa shape index (κ3) is 5.19. The Balaban J connectivity index is 1.51. The molecule has 0 aliphatic carbocycles. The fourth-order valence-corrected chi connectivity index (χ4v) is 8.32. The zero-order valence-electron chi connectivity index (χ0n) is 19.2. The van der Waals surface area contributed by atoms with E-state index in [4.69, 9.17) is 0 Å². The van der Waals surface area contributed by atoms with Crippen LogP contribution in [0.3, 0.4) is 0 Å². The summed E-state index contributed by atoms with van der Waals surface area (Å²) in [5.41, 5.74) is 0.402. The number of aryl methyl sites for hydroxylation is 2. The van der Waals surface area contributed by atoms with E-state index in [1.54, 1.807) is 36.7 Å². The first kappa shape index (κ1) is 25.5. The molecule has 0 radical (unpaired) electrons. The summed E-state index contributed by atoms with van der Waals surface area (Å²) in [6, 6.07) is 11.3. The van der Waals surface area contributed by atoms with E-state index in [9.17, 15) is 25.3 Å². The van der Waals surface area contributed by atoms with Gasteiger partial charge in [-0.25, -0.2) is 35.0 Å². The van der Waals surface area contributed by atoms with E-state index in [1.165, 1.54) is 47.2 Å². The number of hydrogen-bond donors (Lipinski definition) is 1. The standard InChI is InChI=1S/C22H26N4O6S3/c1-17-8-9-20(33(27,28)19-6-4-3-5-7-19)14-21(17)34(29,30)24-18-10-12-26(13-11-18)35(31,32)22-15-25(2)16-23-22/h3-9,14-16,18,24H,10-13H2,1-2H3. The van der Waals surface area contributed by atoms with Crippen LogP contribution in [0.1, 0.15) is 18.4 Å². The number of piperidine rings is 1. The van der Waals surface area contributed by atoms with Gasteiger partial charge in [0.25, 0.3) is 10.0 Å². The Morgan fingerprint density at radius 1 is 0.914 bits per heavy atom. The van der Waals surface area contributed by atoms with Gasteiger partial charge in [0.1, 0.15) is 0 Å². The summed E-state index contributed by atoms with van der Waals surface area (Å²) < 4.78 is 83.3. The van der Waals surface area contributed by atoms with Crippen LogP contribution in [0.4, 0.5) is 0 Å². The molecule has 188 valence electrons. The molecule has 0 spiro atoms. The maximum absolute atomic E-state index is 13.2. The van der Waals surface area contributed by atoms with E-state index in [1.807, 2.05) is 0 Å². The van der Waals surface area contributed by atoms with Gasteiger partial charge in [0.15, 0.2) is 5.03 Å². The SMILES string of the molecule is Cc1ccc(S(=O)(=O)c2ccccc2)cc1S(=O)(=O)NC1CCN(S(=O)(=O)c2cn(C)cn2)CC1. The van der Waals surface area contributed by atoms with Crippen molar-refractivity contribution in [2.24, 2.45) is 7.05 Å². The van der Waals surface area contributed by atoms with Crippen LogP contribution in [0.25, 0.3) is 0 Å². The van der Waals surface area contributed by atoms with E-state index >= 15 is 0 Å². The van der Waals surface area contributed by atoms with Crippen molar-refractivity contribution in [2.45, 2.75) is 45.5 Å². The Morgan fingerprint density at radius 3 is 2.17 bits per heavy atom. The lowest BCUT2D eigenvalue weighted by molar-refractivity contribution is 0.308. The molecule has 1 saturated heterocycles. The van der Waals surface area contributed by atoms with Crippen LogP contribution in [0.15, 0.2) is 80.8 Å². The van der Waals surface area contributed by atoms with Crippen LogP contribution >= 0.6 is 0 Å². The topological polar surface area (TPSA) is 136 Å². The molecular weight excluding hydrogens is 512 g/mol. The highest BCUT2D eigenvalue weighted by Crippen LogP contribution is 2.26. The first-order valence-corrected chi connectivity index (χ1v) is 15.2. The van der Waals surface area contributed by atoms with E-state index in [0.717, 1.165) is 0 Å². The molecule has 35 heavy (non-hydrogen) atoms. The fraction of sp³-hybridized carbons (Fsp3) is 0.318. The minimum atomic E-state index is -4.06. The van der Waals surface area contributed by atoms with Gasteiger partial charge in [0.05, 0.1) is 21.0 Å². The van der Waals surface area contributed by atoms with Gasteiger partial charge in [-0.1, -0.05) is 24.3 Å². The highest BCUT2D eigenvalue weighted by atomic mass is 32.2. The number of sulfonamides is 2. The fourth-order valence-electron chi connectivity index (χ4n) is 3.92. The molecule has 1 N–H and O–H groups in total. The normalized spacial score (nSPS) is 16.4. The van der Waals surface area contributed by atoms with Crippen molar-refractivity contribution < 1.29 is 25.3 Å². The van der Waals surface area contributed by atoms with E-state index in [-0.39, 0.29) is 45.6 Å². The molecule has 0 amide bonds. The molecule has 0 bridgehead atoms.